The first kappa shape index (κ1) is 19.8. The molecule has 0 spiro atoms. The summed E-state index contributed by atoms with van der Waals surface area (Å²) in [7, 11) is 0. The summed E-state index contributed by atoms with van der Waals surface area (Å²) in [6, 6.07) is 6.37. The van der Waals surface area contributed by atoms with Crippen LogP contribution < -0.4 is 0 Å². The van der Waals surface area contributed by atoms with E-state index < -0.39 is 0 Å². The first-order chi connectivity index (χ1) is 12.9. The Morgan fingerprint density at radius 2 is 1.74 bits per heavy atom. The predicted octanol–water partition coefficient (Wildman–Crippen LogP) is 3.82. The van der Waals surface area contributed by atoms with Gasteiger partial charge in [-0.1, -0.05) is 26.0 Å². The highest BCUT2D eigenvalue weighted by Crippen LogP contribution is 2.26. The molecular weight excluding hydrogens is 343 g/mol. The van der Waals surface area contributed by atoms with Crippen LogP contribution in [-0.4, -0.2) is 47.8 Å². The predicted molar refractivity (Wildman–Crippen MR) is 104 cm³/mol. The normalized spacial score (nSPS) is 22.6. The molecule has 0 aliphatic carbocycles. The van der Waals surface area contributed by atoms with Gasteiger partial charge in [0.1, 0.15) is 5.82 Å². The first-order valence-corrected chi connectivity index (χ1v) is 10.3. The van der Waals surface area contributed by atoms with Crippen molar-refractivity contribution in [2.24, 2.45) is 11.8 Å². The van der Waals surface area contributed by atoms with E-state index in [1.165, 1.54) is 18.6 Å². The van der Waals surface area contributed by atoms with Gasteiger partial charge >= 0.3 is 0 Å². The molecule has 0 saturated carbocycles. The average molecular weight is 375 g/mol. The number of hydrogen-bond donors (Lipinski definition) is 0. The minimum Gasteiger partial charge on any atom is -0.343 e. The lowest BCUT2D eigenvalue weighted by molar-refractivity contribution is -0.142. The molecule has 1 aromatic rings. The van der Waals surface area contributed by atoms with Crippen molar-refractivity contribution in [3.63, 3.8) is 0 Å². The molecular formula is C22H31FN2O2. The molecule has 0 bridgehead atoms. The minimum absolute atomic E-state index is 0.0623. The molecule has 2 aliphatic heterocycles. The van der Waals surface area contributed by atoms with Crippen molar-refractivity contribution in [3.8, 4) is 0 Å². The summed E-state index contributed by atoms with van der Waals surface area (Å²) in [5, 5.41) is 0. The van der Waals surface area contributed by atoms with E-state index in [4.69, 9.17) is 0 Å². The largest absolute Gasteiger partial charge is 0.343 e. The molecule has 0 unspecified atom stereocenters. The molecule has 2 fully saturated rings. The fourth-order valence-electron chi connectivity index (χ4n) is 4.32. The third kappa shape index (κ3) is 5.08. The number of carbonyl (C=O) groups excluding carboxylic acids is 2. The number of likely N-dealkylation sites (tertiary alicyclic amines) is 2. The molecule has 5 heteroatoms. The number of carbonyl (C=O) groups is 2. The lowest BCUT2D eigenvalue weighted by Crippen LogP contribution is -2.47. The summed E-state index contributed by atoms with van der Waals surface area (Å²) in [6.45, 7) is 7.30. The van der Waals surface area contributed by atoms with E-state index >= 15 is 0 Å². The quantitative estimate of drug-likeness (QED) is 0.804. The van der Waals surface area contributed by atoms with Crippen LogP contribution in [0.3, 0.4) is 0 Å². The molecule has 0 aromatic heterocycles. The van der Waals surface area contributed by atoms with E-state index in [9.17, 15) is 14.0 Å². The van der Waals surface area contributed by atoms with Gasteiger partial charge < -0.3 is 9.80 Å². The highest BCUT2D eigenvalue weighted by molar-refractivity contribution is 5.80. The van der Waals surface area contributed by atoms with Crippen molar-refractivity contribution in [2.45, 2.75) is 51.9 Å². The third-order valence-electron chi connectivity index (χ3n) is 6.09. The van der Waals surface area contributed by atoms with Gasteiger partial charge in [0.2, 0.25) is 11.8 Å². The SMILES string of the molecule is C[C@H]1CCCN(C(=O)C2CCN(C(=O)C[C@@H](C)c3ccc(F)cc3)CC2)C1. The van der Waals surface area contributed by atoms with Gasteiger partial charge in [-0.15, -0.1) is 0 Å². The molecule has 2 heterocycles. The fourth-order valence-corrected chi connectivity index (χ4v) is 4.32. The van der Waals surface area contributed by atoms with E-state index in [2.05, 4.69) is 6.92 Å². The maximum atomic E-state index is 13.1. The molecule has 0 N–H and O–H groups in total. The summed E-state index contributed by atoms with van der Waals surface area (Å²) in [4.78, 5) is 29.3. The van der Waals surface area contributed by atoms with Crippen LogP contribution >= 0.6 is 0 Å². The average Bonchev–Trinajstić information content (AvgIpc) is 2.68. The van der Waals surface area contributed by atoms with Gasteiger partial charge in [-0.2, -0.15) is 0 Å². The number of amides is 2. The van der Waals surface area contributed by atoms with Crippen LogP contribution in [0.5, 0.6) is 0 Å². The van der Waals surface area contributed by atoms with Gasteiger partial charge in [0.15, 0.2) is 0 Å². The number of rotatable bonds is 4. The maximum absolute atomic E-state index is 13.1. The van der Waals surface area contributed by atoms with Crippen molar-refractivity contribution < 1.29 is 14.0 Å². The molecule has 4 nitrogen and oxygen atoms in total. The molecule has 2 saturated heterocycles. The smallest absolute Gasteiger partial charge is 0.225 e. The van der Waals surface area contributed by atoms with Crippen LogP contribution in [0, 0.1) is 17.7 Å². The van der Waals surface area contributed by atoms with Crippen molar-refractivity contribution in [2.75, 3.05) is 26.2 Å². The highest BCUT2D eigenvalue weighted by Gasteiger charge is 2.32. The van der Waals surface area contributed by atoms with Crippen molar-refractivity contribution in [1.29, 1.82) is 0 Å². The van der Waals surface area contributed by atoms with Crippen LogP contribution in [0.15, 0.2) is 24.3 Å². The van der Waals surface area contributed by atoms with Crippen LogP contribution in [0.1, 0.15) is 57.4 Å². The number of piperidine rings is 2. The van der Waals surface area contributed by atoms with Crippen LogP contribution in [-0.2, 0) is 9.59 Å². The van der Waals surface area contributed by atoms with Crippen LogP contribution in [0.2, 0.25) is 0 Å². The van der Waals surface area contributed by atoms with E-state index in [0.717, 1.165) is 37.9 Å². The Hall–Kier alpha value is -1.91. The Bertz CT molecular complexity index is 653. The molecule has 3 rings (SSSR count). The van der Waals surface area contributed by atoms with Gasteiger partial charge in [0, 0.05) is 38.5 Å². The number of benzene rings is 1. The van der Waals surface area contributed by atoms with Gasteiger partial charge in [0.25, 0.3) is 0 Å². The van der Waals surface area contributed by atoms with E-state index in [0.29, 0.717) is 25.4 Å². The van der Waals surface area contributed by atoms with Crippen molar-refractivity contribution in [3.05, 3.63) is 35.6 Å². The molecule has 27 heavy (non-hydrogen) atoms. The second kappa shape index (κ2) is 8.85. The Labute approximate surface area is 161 Å². The van der Waals surface area contributed by atoms with E-state index in [1.54, 1.807) is 12.1 Å². The van der Waals surface area contributed by atoms with Gasteiger partial charge in [0.05, 0.1) is 0 Å². The summed E-state index contributed by atoms with van der Waals surface area (Å²) >= 11 is 0. The van der Waals surface area contributed by atoms with E-state index in [1.807, 2.05) is 16.7 Å². The summed E-state index contributed by atoms with van der Waals surface area (Å²) in [6.07, 6.45) is 4.27. The second-order valence-corrected chi connectivity index (χ2v) is 8.34. The van der Waals surface area contributed by atoms with Crippen LogP contribution in [0.4, 0.5) is 4.39 Å². The Morgan fingerprint density at radius 3 is 2.37 bits per heavy atom. The molecule has 0 radical (unpaired) electrons. The fraction of sp³-hybridized carbons (Fsp3) is 0.636. The monoisotopic (exact) mass is 374 g/mol. The van der Waals surface area contributed by atoms with E-state index in [-0.39, 0.29) is 29.5 Å². The lowest BCUT2D eigenvalue weighted by Gasteiger charge is -2.37. The van der Waals surface area contributed by atoms with Crippen molar-refractivity contribution in [1.82, 2.24) is 9.80 Å². The summed E-state index contributed by atoms with van der Waals surface area (Å²) in [5.74, 6) is 0.878. The highest BCUT2D eigenvalue weighted by atomic mass is 19.1. The number of hydrogen-bond acceptors (Lipinski definition) is 2. The van der Waals surface area contributed by atoms with Crippen LogP contribution in [0.25, 0.3) is 0 Å². The first-order valence-electron chi connectivity index (χ1n) is 10.3. The van der Waals surface area contributed by atoms with Crippen molar-refractivity contribution >= 4 is 11.8 Å². The zero-order chi connectivity index (χ0) is 19.4. The Balaban J connectivity index is 1.47. The molecule has 2 aliphatic rings. The lowest BCUT2D eigenvalue weighted by atomic mass is 9.92. The summed E-state index contributed by atoms with van der Waals surface area (Å²) in [5.41, 5.74) is 0.981. The molecule has 2 amide bonds. The number of nitrogens with zero attached hydrogens (tertiary/aromatic N) is 2. The topological polar surface area (TPSA) is 40.6 Å². The van der Waals surface area contributed by atoms with Gasteiger partial charge in [-0.05, 0) is 55.2 Å². The Morgan fingerprint density at radius 1 is 1.07 bits per heavy atom. The third-order valence-corrected chi connectivity index (χ3v) is 6.09. The van der Waals surface area contributed by atoms with Gasteiger partial charge in [-0.3, -0.25) is 9.59 Å². The summed E-state index contributed by atoms with van der Waals surface area (Å²) < 4.78 is 13.1. The molecule has 148 valence electrons. The number of halogens is 1. The zero-order valence-corrected chi connectivity index (χ0v) is 16.5. The standard InChI is InChI=1S/C22H31FN2O2/c1-16-4-3-11-25(15-16)22(27)19-9-12-24(13-10-19)21(26)14-17(2)18-5-7-20(23)8-6-18/h5-8,16-17,19H,3-4,9-15H2,1-2H3/t16-,17+/m0/s1. The molecule has 1 aromatic carbocycles. The Kier molecular flexibility index (Phi) is 6.51. The van der Waals surface area contributed by atoms with Gasteiger partial charge in [-0.25, -0.2) is 4.39 Å². The maximum Gasteiger partial charge on any atom is 0.225 e. The zero-order valence-electron chi connectivity index (χ0n) is 16.5. The second-order valence-electron chi connectivity index (χ2n) is 8.34. The minimum atomic E-state index is -0.257. The molecule has 2 atom stereocenters.